The van der Waals surface area contributed by atoms with E-state index in [9.17, 15) is 4.79 Å². The molecule has 8 heteroatoms. The lowest BCUT2D eigenvalue weighted by molar-refractivity contribution is 0.0954. The maximum absolute atomic E-state index is 12.1. The lowest BCUT2D eigenvalue weighted by Gasteiger charge is -2.25. The number of aliphatic imine (C=N–C) groups is 1. The van der Waals surface area contributed by atoms with E-state index < -0.39 is 0 Å². The van der Waals surface area contributed by atoms with Gasteiger partial charge in [0.2, 0.25) is 0 Å². The highest BCUT2D eigenvalue weighted by Crippen LogP contribution is 2.26. The lowest BCUT2D eigenvalue weighted by Crippen LogP contribution is -2.45. The van der Waals surface area contributed by atoms with E-state index in [1.54, 1.807) is 49.8 Å². The van der Waals surface area contributed by atoms with E-state index in [1.165, 1.54) is 4.88 Å². The summed E-state index contributed by atoms with van der Waals surface area (Å²) in [5.74, 6) is 1.34. The lowest BCUT2D eigenvalue weighted by atomic mass is 9.91. The summed E-state index contributed by atoms with van der Waals surface area (Å²) in [6, 6.07) is 11.3. The molecule has 1 heterocycles. The first-order valence-electron chi connectivity index (χ1n) is 8.87. The Hall–Kier alpha value is -1.81. The Balaban J connectivity index is 0.00000392. The molecule has 0 atom stereocenters. The van der Waals surface area contributed by atoms with E-state index in [-0.39, 0.29) is 35.3 Å². The molecule has 2 aromatic rings. The molecule has 1 amide bonds. The van der Waals surface area contributed by atoms with Gasteiger partial charge in [-0.2, -0.15) is 0 Å². The monoisotopic (exact) mass is 516 g/mol. The summed E-state index contributed by atoms with van der Waals surface area (Å²) in [5.41, 5.74) is 0.630. The van der Waals surface area contributed by atoms with Crippen LogP contribution < -0.4 is 20.7 Å². The van der Waals surface area contributed by atoms with E-state index in [0.29, 0.717) is 18.7 Å². The number of carbonyl (C=O) groups is 1. The quantitative estimate of drug-likeness (QED) is 0.218. The topological polar surface area (TPSA) is 74.8 Å². The van der Waals surface area contributed by atoms with Crippen LogP contribution >= 0.6 is 35.3 Å². The normalized spacial score (nSPS) is 11.4. The highest BCUT2D eigenvalue weighted by molar-refractivity contribution is 14.0. The first-order chi connectivity index (χ1) is 13.0. The molecule has 0 aliphatic rings. The largest absolute Gasteiger partial charge is 0.497 e. The molecular formula is C20H29IN4O2S. The SMILES string of the molecule is CN=C(NCCNC(=O)c1ccc(OC)cc1)NCC(C)(C)c1cccs1.I. The number of carbonyl (C=O) groups excluding carboxylic acids is 1. The molecular weight excluding hydrogens is 487 g/mol. The Bertz CT molecular complexity index is 746. The third-order valence-electron chi connectivity index (χ3n) is 4.16. The molecule has 0 fully saturated rings. The first kappa shape index (κ1) is 24.2. The first-order valence-corrected chi connectivity index (χ1v) is 9.75. The van der Waals surface area contributed by atoms with Crippen LogP contribution in [0.15, 0.2) is 46.8 Å². The van der Waals surface area contributed by atoms with Crippen LogP contribution in [0.4, 0.5) is 0 Å². The van der Waals surface area contributed by atoms with Gasteiger partial charge in [0.25, 0.3) is 5.91 Å². The zero-order chi connectivity index (χ0) is 19.7. The standard InChI is InChI=1S/C20H28N4O2S.HI/c1-20(2,17-6-5-13-27-17)14-24-19(21-3)23-12-11-22-18(25)15-7-9-16(26-4)10-8-15;/h5-10,13H,11-12,14H2,1-4H3,(H,22,25)(H2,21,23,24);1H. The average Bonchev–Trinajstić information content (AvgIpc) is 3.23. The predicted octanol–water partition coefficient (Wildman–Crippen LogP) is 3.25. The summed E-state index contributed by atoms with van der Waals surface area (Å²) in [6.45, 7) is 6.26. The Kier molecular flexibility index (Phi) is 10.3. The summed E-state index contributed by atoms with van der Waals surface area (Å²) >= 11 is 1.76. The third kappa shape index (κ3) is 7.31. The van der Waals surface area contributed by atoms with Crippen molar-refractivity contribution in [3.05, 3.63) is 52.2 Å². The van der Waals surface area contributed by atoms with Crippen LogP contribution in [0.1, 0.15) is 29.1 Å². The smallest absolute Gasteiger partial charge is 0.251 e. The Morgan fingerprint density at radius 1 is 1.11 bits per heavy atom. The minimum atomic E-state index is -0.110. The molecule has 2 rings (SSSR count). The van der Waals surface area contributed by atoms with E-state index in [2.05, 4.69) is 52.3 Å². The molecule has 0 spiro atoms. The zero-order valence-corrected chi connectivity index (χ0v) is 19.9. The highest BCUT2D eigenvalue weighted by Gasteiger charge is 2.21. The molecule has 154 valence electrons. The number of guanidine groups is 1. The van der Waals surface area contributed by atoms with Gasteiger partial charge in [0.15, 0.2) is 5.96 Å². The fraction of sp³-hybridized carbons (Fsp3) is 0.400. The predicted molar refractivity (Wildman–Crippen MR) is 127 cm³/mol. The molecule has 1 aromatic heterocycles. The van der Waals surface area contributed by atoms with Crippen molar-refractivity contribution in [3.63, 3.8) is 0 Å². The van der Waals surface area contributed by atoms with Gasteiger partial charge in [-0.1, -0.05) is 19.9 Å². The third-order valence-corrected chi connectivity index (χ3v) is 5.40. The van der Waals surface area contributed by atoms with Crippen molar-refractivity contribution in [2.75, 3.05) is 33.8 Å². The minimum absolute atomic E-state index is 0. The van der Waals surface area contributed by atoms with E-state index in [0.717, 1.165) is 18.3 Å². The van der Waals surface area contributed by atoms with Crippen molar-refractivity contribution in [1.82, 2.24) is 16.0 Å². The summed E-state index contributed by atoms with van der Waals surface area (Å²) in [7, 11) is 3.34. The van der Waals surface area contributed by atoms with E-state index in [4.69, 9.17) is 4.74 Å². The molecule has 28 heavy (non-hydrogen) atoms. The number of amides is 1. The summed E-state index contributed by atoms with van der Waals surface area (Å²) in [4.78, 5) is 17.7. The van der Waals surface area contributed by atoms with Crippen molar-refractivity contribution in [3.8, 4) is 5.75 Å². The van der Waals surface area contributed by atoms with Gasteiger partial charge in [0, 0.05) is 42.5 Å². The van der Waals surface area contributed by atoms with Gasteiger partial charge in [0.05, 0.1) is 7.11 Å². The molecule has 0 saturated heterocycles. The van der Waals surface area contributed by atoms with Gasteiger partial charge in [-0.25, -0.2) is 0 Å². The number of thiophene rings is 1. The van der Waals surface area contributed by atoms with Crippen molar-refractivity contribution in [2.45, 2.75) is 19.3 Å². The second kappa shape index (κ2) is 11.9. The van der Waals surface area contributed by atoms with Crippen LogP contribution in [0, 0.1) is 0 Å². The Labute approximate surface area is 188 Å². The number of ether oxygens (including phenoxy) is 1. The van der Waals surface area contributed by atoms with Crippen molar-refractivity contribution < 1.29 is 9.53 Å². The highest BCUT2D eigenvalue weighted by atomic mass is 127. The molecule has 0 radical (unpaired) electrons. The van der Waals surface area contributed by atoms with Crippen LogP contribution in [0.25, 0.3) is 0 Å². The molecule has 1 aromatic carbocycles. The van der Waals surface area contributed by atoms with Crippen molar-refractivity contribution in [2.24, 2.45) is 4.99 Å². The van der Waals surface area contributed by atoms with Gasteiger partial charge in [-0.15, -0.1) is 35.3 Å². The fourth-order valence-electron chi connectivity index (χ4n) is 2.48. The fourth-order valence-corrected chi connectivity index (χ4v) is 3.33. The van der Waals surface area contributed by atoms with E-state index >= 15 is 0 Å². The number of hydrogen-bond donors (Lipinski definition) is 3. The summed E-state index contributed by atoms with van der Waals surface area (Å²) < 4.78 is 5.10. The van der Waals surface area contributed by atoms with Gasteiger partial charge in [-0.3, -0.25) is 9.79 Å². The number of methoxy groups -OCH3 is 1. The average molecular weight is 516 g/mol. The molecule has 0 aliphatic heterocycles. The number of benzene rings is 1. The maximum Gasteiger partial charge on any atom is 0.251 e. The van der Waals surface area contributed by atoms with Crippen LogP contribution in [0.3, 0.4) is 0 Å². The zero-order valence-electron chi connectivity index (χ0n) is 16.7. The van der Waals surface area contributed by atoms with Crippen LogP contribution in [-0.2, 0) is 5.41 Å². The molecule has 0 unspecified atom stereocenters. The van der Waals surface area contributed by atoms with Gasteiger partial charge >= 0.3 is 0 Å². The van der Waals surface area contributed by atoms with Crippen LogP contribution in [-0.4, -0.2) is 45.7 Å². The molecule has 6 nitrogen and oxygen atoms in total. The van der Waals surface area contributed by atoms with Crippen molar-refractivity contribution >= 4 is 47.2 Å². The second-order valence-corrected chi connectivity index (χ2v) is 7.65. The Morgan fingerprint density at radius 2 is 1.79 bits per heavy atom. The van der Waals surface area contributed by atoms with Gasteiger partial charge in [0.1, 0.15) is 5.75 Å². The molecule has 3 N–H and O–H groups in total. The Morgan fingerprint density at radius 3 is 2.36 bits per heavy atom. The number of nitrogens with zero attached hydrogens (tertiary/aromatic N) is 1. The van der Waals surface area contributed by atoms with Gasteiger partial charge in [-0.05, 0) is 35.7 Å². The number of rotatable bonds is 8. The number of halogens is 1. The second-order valence-electron chi connectivity index (χ2n) is 6.70. The van der Waals surface area contributed by atoms with Crippen LogP contribution in [0.2, 0.25) is 0 Å². The number of hydrogen-bond acceptors (Lipinski definition) is 4. The number of nitrogens with one attached hydrogen (secondary N) is 3. The van der Waals surface area contributed by atoms with Crippen LogP contribution in [0.5, 0.6) is 5.75 Å². The summed E-state index contributed by atoms with van der Waals surface area (Å²) in [5, 5.41) is 11.5. The van der Waals surface area contributed by atoms with E-state index in [1.807, 2.05) is 0 Å². The van der Waals surface area contributed by atoms with Crippen molar-refractivity contribution in [1.29, 1.82) is 0 Å². The molecule has 0 bridgehead atoms. The maximum atomic E-state index is 12.1. The molecule has 0 aliphatic carbocycles. The van der Waals surface area contributed by atoms with Gasteiger partial charge < -0.3 is 20.7 Å². The minimum Gasteiger partial charge on any atom is -0.497 e. The summed E-state index contributed by atoms with van der Waals surface area (Å²) in [6.07, 6.45) is 0. The molecule has 0 saturated carbocycles.